The number of anilines is 1. The van der Waals surface area contributed by atoms with E-state index in [0.29, 0.717) is 11.3 Å². The molecule has 2 amide bonds. The van der Waals surface area contributed by atoms with Gasteiger partial charge in [0.2, 0.25) is 5.91 Å². The fourth-order valence-corrected chi connectivity index (χ4v) is 3.92. The van der Waals surface area contributed by atoms with E-state index in [-0.39, 0.29) is 23.8 Å². The summed E-state index contributed by atoms with van der Waals surface area (Å²) in [7, 11) is 2.05. The summed E-state index contributed by atoms with van der Waals surface area (Å²) >= 11 is 0. The molecule has 1 saturated carbocycles. The van der Waals surface area contributed by atoms with Crippen LogP contribution in [-0.2, 0) is 4.79 Å². The summed E-state index contributed by atoms with van der Waals surface area (Å²) in [5.41, 5.74) is 1.18. The smallest absolute Gasteiger partial charge is 0.253 e. The second kappa shape index (κ2) is 8.48. The molecule has 2 N–H and O–H groups in total. The van der Waals surface area contributed by atoms with Crippen LogP contribution in [0.3, 0.4) is 0 Å². The van der Waals surface area contributed by atoms with Crippen LogP contribution < -0.4 is 10.6 Å². The molecular weight excluding hydrogens is 314 g/mol. The number of rotatable bonds is 4. The Kier molecular flexibility index (Phi) is 6.08. The number of carbonyl (C=O) groups is 2. The molecular formula is C20H29N3O2. The van der Waals surface area contributed by atoms with Gasteiger partial charge in [0.05, 0.1) is 17.2 Å². The molecule has 1 aromatic carbocycles. The van der Waals surface area contributed by atoms with Crippen LogP contribution in [0.25, 0.3) is 0 Å². The number of nitrogens with one attached hydrogen (secondary N) is 2. The summed E-state index contributed by atoms with van der Waals surface area (Å²) in [4.78, 5) is 27.5. The fourth-order valence-electron chi connectivity index (χ4n) is 3.92. The number of nitrogens with zero attached hydrogens (tertiary/aromatic N) is 1. The van der Waals surface area contributed by atoms with Gasteiger partial charge in [-0.25, -0.2) is 0 Å². The van der Waals surface area contributed by atoms with Gasteiger partial charge in [0.25, 0.3) is 5.91 Å². The zero-order valence-electron chi connectivity index (χ0n) is 15.1. The maximum atomic E-state index is 12.7. The first-order chi connectivity index (χ1) is 12.1. The fraction of sp³-hybridized carbons (Fsp3) is 0.600. The monoisotopic (exact) mass is 343 g/mol. The van der Waals surface area contributed by atoms with E-state index in [0.717, 1.165) is 38.8 Å². The zero-order valence-corrected chi connectivity index (χ0v) is 15.1. The van der Waals surface area contributed by atoms with E-state index in [4.69, 9.17) is 0 Å². The quantitative estimate of drug-likeness (QED) is 0.883. The average Bonchev–Trinajstić information content (AvgIpc) is 2.63. The maximum Gasteiger partial charge on any atom is 0.253 e. The minimum atomic E-state index is -0.0800. The van der Waals surface area contributed by atoms with Crippen molar-refractivity contribution in [3.8, 4) is 0 Å². The van der Waals surface area contributed by atoms with Crippen LogP contribution in [0.2, 0.25) is 0 Å². The first-order valence-electron chi connectivity index (χ1n) is 9.53. The Labute approximate surface area is 150 Å². The highest BCUT2D eigenvalue weighted by Gasteiger charge is 2.25. The first-order valence-corrected chi connectivity index (χ1v) is 9.53. The molecule has 5 nitrogen and oxygen atoms in total. The Morgan fingerprint density at radius 1 is 1.04 bits per heavy atom. The Morgan fingerprint density at radius 2 is 1.80 bits per heavy atom. The number of piperidine rings is 1. The molecule has 0 unspecified atom stereocenters. The molecule has 5 heteroatoms. The predicted octanol–water partition coefficient (Wildman–Crippen LogP) is 3.03. The van der Waals surface area contributed by atoms with Gasteiger partial charge >= 0.3 is 0 Å². The largest absolute Gasteiger partial charge is 0.349 e. The number of para-hydroxylation sites is 1. The Bertz CT molecular complexity index is 611. The summed E-state index contributed by atoms with van der Waals surface area (Å²) in [6, 6.07) is 7.58. The summed E-state index contributed by atoms with van der Waals surface area (Å²) < 4.78 is 0. The van der Waals surface area contributed by atoms with Gasteiger partial charge in [-0.1, -0.05) is 31.4 Å². The summed E-state index contributed by atoms with van der Waals surface area (Å²) in [5, 5.41) is 6.13. The van der Waals surface area contributed by atoms with Gasteiger partial charge in [-0.3, -0.25) is 9.59 Å². The predicted molar refractivity (Wildman–Crippen MR) is 99.6 cm³/mol. The molecule has 0 bridgehead atoms. The lowest BCUT2D eigenvalue weighted by atomic mass is 9.95. The molecule has 0 aromatic heterocycles. The van der Waals surface area contributed by atoms with Gasteiger partial charge in [-0.05, 0) is 51.4 Å². The van der Waals surface area contributed by atoms with Gasteiger partial charge in [-0.15, -0.1) is 0 Å². The number of hydrogen-bond acceptors (Lipinski definition) is 3. The number of benzene rings is 1. The molecule has 2 fully saturated rings. The van der Waals surface area contributed by atoms with Crippen LogP contribution in [0.15, 0.2) is 24.3 Å². The normalized spacial score (nSPS) is 22.4. The van der Waals surface area contributed by atoms with Crippen molar-refractivity contribution in [3.05, 3.63) is 29.8 Å². The van der Waals surface area contributed by atoms with Gasteiger partial charge in [0.1, 0.15) is 0 Å². The number of hydrogen-bond donors (Lipinski definition) is 2. The van der Waals surface area contributed by atoms with Crippen LogP contribution in [0.1, 0.15) is 55.3 Å². The van der Waals surface area contributed by atoms with Crippen molar-refractivity contribution in [1.29, 1.82) is 0 Å². The highest BCUT2D eigenvalue weighted by molar-refractivity contribution is 6.04. The molecule has 136 valence electrons. The second-order valence-corrected chi connectivity index (χ2v) is 7.44. The van der Waals surface area contributed by atoms with Gasteiger partial charge < -0.3 is 15.5 Å². The third-order valence-electron chi connectivity index (χ3n) is 5.37. The van der Waals surface area contributed by atoms with Crippen molar-refractivity contribution in [2.75, 3.05) is 25.5 Å². The molecule has 1 aliphatic carbocycles. The third kappa shape index (κ3) is 4.82. The minimum absolute atomic E-state index is 0.00629. The summed E-state index contributed by atoms with van der Waals surface area (Å²) in [6.07, 6.45) is 7.67. The molecule has 1 saturated heterocycles. The molecule has 0 radical (unpaired) electrons. The molecule has 1 heterocycles. The summed E-state index contributed by atoms with van der Waals surface area (Å²) in [5.74, 6) is -0.0683. The van der Waals surface area contributed by atoms with E-state index < -0.39 is 0 Å². The average molecular weight is 343 g/mol. The minimum Gasteiger partial charge on any atom is -0.349 e. The Morgan fingerprint density at radius 3 is 2.56 bits per heavy atom. The maximum absolute atomic E-state index is 12.7. The van der Waals surface area contributed by atoms with Gasteiger partial charge in [0, 0.05) is 12.6 Å². The number of carbonyl (C=O) groups excluding carboxylic acids is 2. The standard InChI is InChI=1S/C20H29N3O2/c1-23-13-7-8-15(14-23)19(24)22-18-12-6-5-11-17(18)20(25)21-16-9-3-2-4-10-16/h5-6,11-12,15-16H,2-4,7-10,13-14H2,1H3,(H,21,25)(H,22,24)/t15-/m1/s1. The van der Waals surface area contributed by atoms with Crippen molar-refractivity contribution < 1.29 is 9.59 Å². The lowest BCUT2D eigenvalue weighted by molar-refractivity contribution is -0.121. The zero-order chi connectivity index (χ0) is 17.6. The van der Waals surface area contributed by atoms with Crippen LogP contribution in [0.4, 0.5) is 5.69 Å². The van der Waals surface area contributed by atoms with Crippen molar-refractivity contribution in [2.24, 2.45) is 5.92 Å². The highest BCUT2D eigenvalue weighted by atomic mass is 16.2. The van der Waals surface area contributed by atoms with Gasteiger partial charge in [-0.2, -0.15) is 0 Å². The Hall–Kier alpha value is -1.88. The van der Waals surface area contributed by atoms with Crippen molar-refractivity contribution >= 4 is 17.5 Å². The van der Waals surface area contributed by atoms with Crippen molar-refractivity contribution in [2.45, 2.75) is 51.0 Å². The second-order valence-electron chi connectivity index (χ2n) is 7.44. The topological polar surface area (TPSA) is 61.4 Å². The van der Waals surface area contributed by atoms with E-state index in [1.807, 2.05) is 25.2 Å². The van der Waals surface area contributed by atoms with Crippen LogP contribution in [-0.4, -0.2) is 42.9 Å². The van der Waals surface area contributed by atoms with Crippen LogP contribution >= 0.6 is 0 Å². The van der Waals surface area contributed by atoms with E-state index >= 15 is 0 Å². The SMILES string of the molecule is CN1CCC[C@@H](C(=O)Nc2ccccc2C(=O)NC2CCCCC2)C1. The van der Waals surface area contributed by atoms with Gasteiger partial charge in [0.15, 0.2) is 0 Å². The number of amides is 2. The van der Waals surface area contributed by atoms with E-state index in [2.05, 4.69) is 15.5 Å². The highest BCUT2D eigenvalue weighted by Crippen LogP contribution is 2.22. The Balaban J connectivity index is 1.65. The molecule has 3 rings (SSSR count). The van der Waals surface area contributed by atoms with E-state index in [1.165, 1.54) is 19.3 Å². The lowest BCUT2D eigenvalue weighted by Crippen LogP contribution is -2.39. The number of likely N-dealkylation sites (tertiary alicyclic amines) is 1. The van der Waals surface area contributed by atoms with E-state index in [9.17, 15) is 9.59 Å². The molecule has 1 atom stereocenters. The molecule has 1 aromatic rings. The molecule has 0 spiro atoms. The summed E-state index contributed by atoms with van der Waals surface area (Å²) in [6.45, 7) is 1.83. The van der Waals surface area contributed by atoms with Crippen LogP contribution in [0, 0.1) is 5.92 Å². The van der Waals surface area contributed by atoms with Crippen molar-refractivity contribution in [3.63, 3.8) is 0 Å². The van der Waals surface area contributed by atoms with Crippen LogP contribution in [0.5, 0.6) is 0 Å². The molecule has 2 aliphatic rings. The molecule has 25 heavy (non-hydrogen) atoms. The van der Waals surface area contributed by atoms with E-state index in [1.54, 1.807) is 6.07 Å². The first kappa shape index (κ1) is 17.9. The lowest BCUT2D eigenvalue weighted by Gasteiger charge is -2.29. The third-order valence-corrected chi connectivity index (χ3v) is 5.37. The molecule has 1 aliphatic heterocycles. The van der Waals surface area contributed by atoms with Crippen molar-refractivity contribution in [1.82, 2.24) is 10.2 Å².